The number of alkyl halides is 2. The second kappa shape index (κ2) is 10.1. The zero-order valence-corrected chi connectivity index (χ0v) is 19.4. The Morgan fingerprint density at radius 1 is 1.18 bits per heavy atom. The van der Waals surface area contributed by atoms with Crippen LogP contribution in [0, 0.1) is 0 Å². The van der Waals surface area contributed by atoms with Crippen molar-refractivity contribution >= 4 is 28.0 Å². The smallest absolute Gasteiger partial charge is 0.417 e. The van der Waals surface area contributed by atoms with Gasteiger partial charge < -0.3 is 14.1 Å². The molecule has 0 spiro atoms. The number of carbonyl (C=O) groups excluding carboxylic acids is 1. The van der Waals surface area contributed by atoms with Gasteiger partial charge in [-0.1, -0.05) is 18.2 Å². The van der Waals surface area contributed by atoms with Crippen LogP contribution in [0.15, 0.2) is 56.6 Å². The minimum atomic E-state index is -2.95. The van der Waals surface area contributed by atoms with E-state index in [4.69, 9.17) is 9.15 Å². The summed E-state index contributed by atoms with van der Waals surface area (Å²) < 4.78 is 49.9. The van der Waals surface area contributed by atoms with Gasteiger partial charge in [-0.3, -0.25) is 14.1 Å². The maximum absolute atomic E-state index is 13.5. The van der Waals surface area contributed by atoms with Gasteiger partial charge in [0, 0.05) is 55.9 Å². The lowest BCUT2D eigenvalue weighted by molar-refractivity contribution is 0.0173. The van der Waals surface area contributed by atoms with Crippen LogP contribution in [0.25, 0.3) is 11.1 Å². The number of benzene rings is 2. The molecule has 0 aliphatic carbocycles. The third kappa shape index (κ3) is 5.89. The number of hydrogen-bond donors (Lipinski definition) is 1. The summed E-state index contributed by atoms with van der Waals surface area (Å²) in [6.07, 6.45) is -0.488. The van der Waals surface area contributed by atoms with E-state index in [0.717, 1.165) is 6.92 Å². The summed E-state index contributed by atoms with van der Waals surface area (Å²) in [7, 11) is -1.26. The van der Waals surface area contributed by atoms with Crippen LogP contribution in [0.3, 0.4) is 0 Å². The van der Waals surface area contributed by atoms with Crippen molar-refractivity contribution in [2.75, 3.05) is 38.5 Å². The number of fused-ring (bicyclic) bond motifs is 1. The molecule has 11 heteroatoms. The molecule has 1 atom stereocenters. The van der Waals surface area contributed by atoms with Crippen molar-refractivity contribution < 1.29 is 26.9 Å². The molecule has 1 aromatic heterocycles. The Labute approximate surface area is 196 Å². The van der Waals surface area contributed by atoms with E-state index in [1.54, 1.807) is 29.2 Å². The number of halogens is 2. The Morgan fingerprint density at radius 3 is 2.68 bits per heavy atom. The van der Waals surface area contributed by atoms with Crippen LogP contribution in [-0.4, -0.2) is 63.6 Å². The molecule has 1 amide bonds. The Morgan fingerprint density at radius 2 is 1.94 bits per heavy atom. The number of oxazole rings is 1. The van der Waals surface area contributed by atoms with Crippen LogP contribution in [0.1, 0.15) is 18.1 Å². The number of piperazine rings is 1. The minimum absolute atomic E-state index is 0.0758. The van der Waals surface area contributed by atoms with Crippen molar-refractivity contribution in [2.24, 2.45) is 0 Å². The third-order valence-corrected chi connectivity index (χ3v) is 7.01. The van der Waals surface area contributed by atoms with Crippen LogP contribution in [-0.2, 0) is 28.1 Å². The molecule has 1 aliphatic rings. The first-order chi connectivity index (χ1) is 16.2. The molecule has 2 aromatic carbocycles. The molecule has 0 radical (unpaired) electrons. The number of carbonyl (C=O) groups is 1. The van der Waals surface area contributed by atoms with Crippen LogP contribution >= 0.6 is 0 Å². The summed E-state index contributed by atoms with van der Waals surface area (Å²) in [5, 5.41) is 0. The van der Waals surface area contributed by atoms with Crippen molar-refractivity contribution in [3.63, 3.8) is 0 Å². The quantitative estimate of drug-likeness (QED) is 0.543. The van der Waals surface area contributed by atoms with Gasteiger partial charge in [-0.2, -0.15) is 0 Å². The monoisotopic (exact) mass is 493 g/mol. The molecule has 8 nitrogen and oxygen atoms in total. The van der Waals surface area contributed by atoms with E-state index in [1.807, 2.05) is 0 Å². The largest absolute Gasteiger partial charge is 0.445 e. The number of rotatable bonds is 7. The van der Waals surface area contributed by atoms with Crippen LogP contribution in [0.4, 0.5) is 13.6 Å². The van der Waals surface area contributed by atoms with E-state index in [-0.39, 0.29) is 12.2 Å². The average molecular weight is 494 g/mol. The fourth-order valence-corrected chi connectivity index (χ4v) is 4.84. The van der Waals surface area contributed by atoms with Gasteiger partial charge in [-0.25, -0.2) is 18.4 Å². The van der Waals surface area contributed by atoms with E-state index in [1.165, 1.54) is 18.2 Å². The molecule has 2 heterocycles. The summed E-state index contributed by atoms with van der Waals surface area (Å²) in [6, 6.07) is 10.8. The van der Waals surface area contributed by atoms with Crippen molar-refractivity contribution in [1.82, 2.24) is 14.8 Å². The Kier molecular flexibility index (Phi) is 7.13. The molecule has 1 fully saturated rings. The number of aromatic amines is 1. The number of aromatic nitrogens is 1. The van der Waals surface area contributed by atoms with Gasteiger partial charge in [-0.15, -0.1) is 0 Å². The van der Waals surface area contributed by atoms with Gasteiger partial charge in [-0.05, 0) is 29.8 Å². The second-order valence-electron chi connectivity index (χ2n) is 8.19. The maximum atomic E-state index is 13.5. The predicted molar refractivity (Wildman–Crippen MR) is 122 cm³/mol. The third-order valence-electron chi connectivity index (χ3n) is 5.67. The number of nitrogens with zero attached hydrogens (tertiary/aromatic N) is 2. The van der Waals surface area contributed by atoms with E-state index in [9.17, 15) is 22.6 Å². The van der Waals surface area contributed by atoms with Crippen molar-refractivity contribution in [2.45, 2.75) is 24.3 Å². The molecular weight excluding hydrogens is 468 g/mol. The fraction of sp³-hybridized carbons (Fsp3) is 0.391. The van der Waals surface area contributed by atoms with Crippen LogP contribution in [0.5, 0.6) is 0 Å². The fourth-order valence-electron chi connectivity index (χ4n) is 3.72. The lowest BCUT2D eigenvalue weighted by Crippen LogP contribution is -2.49. The van der Waals surface area contributed by atoms with Gasteiger partial charge in [0.05, 0.1) is 16.3 Å². The number of ether oxygens (including phenoxy) is 1. The number of amides is 1. The minimum Gasteiger partial charge on any atom is -0.445 e. The average Bonchev–Trinajstić information content (AvgIpc) is 3.20. The Hall–Kier alpha value is -3.05. The Bertz CT molecular complexity index is 1250. The van der Waals surface area contributed by atoms with E-state index >= 15 is 0 Å². The molecule has 1 unspecified atom stereocenters. The van der Waals surface area contributed by atoms with Crippen molar-refractivity contribution in [3.05, 3.63) is 64.1 Å². The highest BCUT2D eigenvalue weighted by atomic mass is 32.2. The first-order valence-electron chi connectivity index (χ1n) is 10.8. The highest BCUT2D eigenvalue weighted by molar-refractivity contribution is 7.85. The molecule has 4 rings (SSSR count). The molecule has 0 bridgehead atoms. The van der Waals surface area contributed by atoms with Gasteiger partial charge in [0.1, 0.15) is 6.61 Å². The molecule has 1 saturated heterocycles. The Balaban J connectivity index is 1.21. The first kappa shape index (κ1) is 24.1. The number of nitrogens with one attached hydrogen (secondary N) is 1. The normalized spacial score (nSPS) is 16.0. The van der Waals surface area contributed by atoms with Crippen LogP contribution in [0.2, 0.25) is 0 Å². The first-order valence-corrected chi connectivity index (χ1v) is 12.1. The predicted octanol–water partition coefficient (Wildman–Crippen LogP) is 3.29. The number of hydrogen-bond acceptors (Lipinski definition) is 6. The molecule has 34 heavy (non-hydrogen) atoms. The molecular formula is C23H25F2N3O5S. The highest BCUT2D eigenvalue weighted by Gasteiger charge is 2.25. The molecule has 3 aromatic rings. The molecule has 0 saturated carbocycles. The van der Waals surface area contributed by atoms with Crippen LogP contribution < -0.4 is 5.76 Å². The zero-order chi connectivity index (χ0) is 24.3. The number of H-pyrrole nitrogens is 1. The van der Waals surface area contributed by atoms with Crippen molar-refractivity contribution in [3.8, 4) is 0 Å². The zero-order valence-electron chi connectivity index (χ0n) is 18.6. The van der Waals surface area contributed by atoms with Gasteiger partial charge >= 0.3 is 11.8 Å². The van der Waals surface area contributed by atoms with Gasteiger partial charge in [0.2, 0.25) is 0 Å². The summed E-state index contributed by atoms with van der Waals surface area (Å²) in [4.78, 5) is 30.5. The van der Waals surface area contributed by atoms with Crippen molar-refractivity contribution in [1.29, 1.82) is 0 Å². The summed E-state index contributed by atoms with van der Waals surface area (Å²) in [5.74, 6) is -3.10. The highest BCUT2D eigenvalue weighted by Crippen LogP contribution is 2.27. The summed E-state index contributed by atoms with van der Waals surface area (Å²) in [5.41, 5.74) is 1.32. The summed E-state index contributed by atoms with van der Waals surface area (Å²) >= 11 is 0. The SMILES string of the molecule is CC(F)(F)c1cccc(COC(=O)N2CCN(CCS(=O)c3ccc4[nH]c(=O)oc4c3)CC2)c1. The van der Waals surface area contributed by atoms with E-state index in [0.29, 0.717) is 60.0 Å². The lowest BCUT2D eigenvalue weighted by atomic mass is 10.1. The second-order valence-corrected chi connectivity index (χ2v) is 9.76. The van der Waals surface area contributed by atoms with E-state index in [2.05, 4.69) is 9.88 Å². The standard InChI is InChI=1S/C23H25F2N3O5S/c1-23(24,25)17-4-2-3-16(13-17)15-32-22(30)28-9-7-27(8-10-28)11-12-34(31)18-5-6-19-20(14-18)33-21(29)26-19/h2-6,13-14H,7-12,15H2,1H3,(H,26,29). The lowest BCUT2D eigenvalue weighted by Gasteiger charge is -2.33. The van der Waals surface area contributed by atoms with E-state index < -0.39 is 28.6 Å². The summed E-state index contributed by atoms with van der Waals surface area (Å²) in [6.45, 7) is 3.46. The molecule has 1 aliphatic heterocycles. The van der Waals surface area contributed by atoms with Gasteiger partial charge in [0.25, 0.3) is 5.92 Å². The molecule has 182 valence electrons. The maximum Gasteiger partial charge on any atom is 0.417 e. The topological polar surface area (TPSA) is 95.9 Å². The van der Waals surface area contributed by atoms with Gasteiger partial charge in [0.15, 0.2) is 5.58 Å². The molecule has 1 N–H and O–H groups in total.